The Labute approximate surface area is 202 Å². The van der Waals surface area contributed by atoms with E-state index < -0.39 is 11.0 Å². The van der Waals surface area contributed by atoms with Crippen LogP contribution in [-0.2, 0) is 11.0 Å². The molecule has 174 valence electrons. The average Bonchev–Trinajstić information content (AvgIpc) is 2.90. The summed E-state index contributed by atoms with van der Waals surface area (Å²) in [6.45, 7) is 0. The minimum Gasteiger partial charge on any atom is -0.480 e. The van der Waals surface area contributed by atoms with Crippen molar-refractivity contribution in [3.05, 3.63) is 91.3 Å². The van der Waals surface area contributed by atoms with E-state index in [1.165, 1.54) is 37.7 Å². The van der Waals surface area contributed by atoms with Crippen LogP contribution in [0.2, 0.25) is 0 Å². The van der Waals surface area contributed by atoms with Crippen molar-refractivity contribution in [3.63, 3.8) is 0 Å². The van der Waals surface area contributed by atoms with Gasteiger partial charge in [-0.1, -0.05) is 6.07 Å². The smallest absolute Gasteiger partial charge is 0.226 e. The van der Waals surface area contributed by atoms with Gasteiger partial charge in [0.2, 0.25) is 11.8 Å². The van der Waals surface area contributed by atoms with Gasteiger partial charge >= 0.3 is 0 Å². The molecule has 0 saturated heterocycles. The maximum Gasteiger partial charge on any atom is 0.226 e. The van der Waals surface area contributed by atoms with Gasteiger partial charge in [-0.15, -0.1) is 0 Å². The number of rotatable bonds is 7. The lowest BCUT2D eigenvalue weighted by molar-refractivity contribution is 0.385. The van der Waals surface area contributed by atoms with Gasteiger partial charge in [-0.05, 0) is 60.0 Å². The zero-order chi connectivity index (χ0) is 24.2. The van der Waals surface area contributed by atoms with Gasteiger partial charge in [0.15, 0.2) is 11.0 Å². The van der Waals surface area contributed by atoms with Gasteiger partial charge in [-0.3, -0.25) is 9.71 Å². The van der Waals surface area contributed by atoms with Crippen LogP contribution in [0.4, 0.5) is 10.2 Å². The van der Waals surface area contributed by atoms with E-state index in [0.717, 1.165) is 10.8 Å². The SMILES string of the molecule is COc1nc(Oc2ccc(F)cc2)ccc1-c1nccc2cc(S(=O)Nc3ccncn3)ccc12. The van der Waals surface area contributed by atoms with Gasteiger partial charge in [-0.25, -0.2) is 18.6 Å². The van der Waals surface area contributed by atoms with Crippen molar-refractivity contribution in [2.24, 2.45) is 0 Å². The number of aromatic nitrogens is 4. The number of nitrogens with one attached hydrogen (secondary N) is 1. The number of ether oxygens (including phenoxy) is 2. The average molecular weight is 488 g/mol. The number of methoxy groups -OCH3 is 1. The van der Waals surface area contributed by atoms with Crippen molar-refractivity contribution in [2.75, 3.05) is 11.8 Å². The summed E-state index contributed by atoms with van der Waals surface area (Å²) in [6.07, 6.45) is 4.63. The van der Waals surface area contributed by atoms with E-state index in [4.69, 9.17) is 9.47 Å². The number of halogens is 1. The van der Waals surface area contributed by atoms with Gasteiger partial charge in [0, 0.05) is 23.8 Å². The van der Waals surface area contributed by atoms with Crippen LogP contribution in [0.1, 0.15) is 0 Å². The van der Waals surface area contributed by atoms with Crippen LogP contribution in [0.15, 0.2) is 90.3 Å². The predicted octanol–water partition coefficient (Wildman–Crippen LogP) is 5.16. The Morgan fingerprint density at radius 3 is 2.57 bits per heavy atom. The third-order valence-corrected chi connectivity index (χ3v) is 6.13. The summed E-state index contributed by atoms with van der Waals surface area (Å²) < 4.78 is 40.0. The molecule has 2 aromatic carbocycles. The highest BCUT2D eigenvalue weighted by molar-refractivity contribution is 7.86. The molecule has 1 unspecified atom stereocenters. The maximum absolute atomic E-state index is 13.2. The summed E-state index contributed by atoms with van der Waals surface area (Å²) in [5, 5.41) is 1.68. The Morgan fingerprint density at radius 1 is 0.943 bits per heavy atom. The Kier molecular flexibility index (Phi) is 6.27. The molecule has 1 N–H and O–H groups in total. The van der Waals surface area contributed by atoms with Crippen LogP contribution in [0.5, 0.6) is 17.5 Å². The van der Waals surface area contributed by atoms with E-state index >= 15 is 0 Å². The summed E-state index contributed by atoms with van der Waals surface area (Å²) in [6, 6.07) is 18.1. The number of nitrogens with zero attached hydrogens (tertiary/aromatic N) is 4. The molecule has 0 aliphatic heterocycles. The molecule has 0 radical (unpaired) electrons. The van der Waals surface area contributed by atoms with E-state index in [1.807, 2.05) is 18.2 Å². The van der Waals surface area contributed by atoms with Crippen LogP contribution < -0.4 is 14.2 Å². The first-order valence-electron chi connectivity index (χ1n) is 10.4. The Hall–Kier alpha value is -4.44. The Morgan fingerprint density at radius 2 is 1.80 bits per heavy atom. The van der Waals surface area contributed by atoms with Crippen LogP contribution in [-0.4, -0.2) is 31.3 Å². The van der Waals surface area contributed by atoms with Crippen LogP contribution in [0.25, 0.3) is 22.0 Å². The molecule has 3 heterocycles. The zero-order valence-corrected chi connectivity index (χ0v) is 19.2. The van der Waals surface area contributed by atoms with Gasteiger partial charge in [0.05, 0.1) is 23.3 Å². The normalized spacial score (nSPS) is 11.7. The molecule has 5 rings (SSSR count). The fourth-order valence-electron chi connectivity index (χ4n) is 3.43. The van der Waals surface area contributed by atoms with Gasteiger partial charge < -0.3 is 9.47 Å². The van der Waals surface area contributed by atoms with Gasteiger partial charge in [-0.2, -0.15) is 4.98 Å². The number of anilines is 1. The largest absolute Gasteiger partial charge is 0.480 e. The molecule has 1 atom stereocenters. The van der Waals surface area contributed by atoms with Gasteiger partial charge in [0.1, 0.15) is 23.7 Å². The molecule has 0 spiro atoms. The topological polar surface area (TPSA) is 99.1 Å². The summed E-state index contributed by atoms with van der Waals surface area (Å²) in [5.74, 6) is 1.19. The molecule has 10 heteroatoms. The van der Waals surface area contributed by atoms with E-state index in [1.54, 1.807) is 36.7 Å². The van der Waals surface area contributed by atoms with Crippen molar-refractivity contribution < 1.29 is 18.1 Å². The van der Waals surface area contributed by atoms with E-state index in [9.17, 15) is 8.60 Å². The third kappa shape index (κ3) is 4.92. The molecule has 0 fully saturated rings. The van der Waals surface area contributed by atoms with Crippen molar-refractivity contribution in [1.82, 2.24) is 19.9 Å². The second kappa shape index (κ2) is 9.82. The first-order valence-corrected chi connectivity index (χ1v) is 11.6. The minimum atomic E-state index is -1.51. The highest BCUT2D eigenvalue weighted by Crippen LogP contribution is 2.35. The van der Waals surface area contributed by atoms with E-state index in [-0.39, 0.29) is 5.82 Å². The third-order valence-electron chi connectivity index (χ3n) is 5.05. The Balaban J connectivity index is 1.46. The van der Waals surface area contributed by atoms with Crippen LogP contribution in [0, 0.1) is 5.82 Å². The fourth-order valence-corrected chi connectivity index (χ4v) is 4.28. The maximum atomic E-state index is 13.2. The van der Waals surface area contributed by atoms with Crippen molar-refractivity contribution in [2.45, 2.75) is 4.90 Å². The monoisotopic (exact) mass is 487 g/mol. The number of benzene rings is 2. The molecule has 0 saturated carbocycles. The summed E-state index contributed by atoms with van der Waals surface area (Å²) in [5.41, 5.74) is 1.32. The second-order valence-corrected chi connectivity index (χ2v) is 8.48. The number of hydrogen-bond donors (Lipinski definition) is 1. The van der Waals surface area contributed by atoms with Gasteiger partial charge in [0.25, 0.3) is 0 Å². The molecule has 0 aliphatic rings. The molecular weight excluding hydrogens is 469 g/mol. The van der Waals surface area contributed by atoms with Crippen molar-refractivity contribution in [3.8, 4) is 28.8 Å². The fraction of sp³-hybridized carbons (Fsp3) is 0.0400. The van der Waals surface area contributed by atoms with E-state index in [0.29, 0.717) is 39.5 Å². The molecule has 0 amide bonds. The lowest BCUT2D eigenvalue weighted by Crippen LogP contribution is -2.06. The Bertz CT molecular complexity index is 1520. The molecule has 0 aliphatic carbocycles. The quantitative estimate of drug-likeness (QED) is 0.338. The zero-order valence-electron chi connectivity index (χ0n) is 18.4. The second-order valence-electron chi connectivity index (χ2n) is 7.27. The molecule has 0 bridgehead atoms. The molecular formula is C25H18FN5O3S. The molecule has 5 aromatic rings. The highest BCUT2D eigenvalue weighted by atomic mass is 32.2. The summed E-state index contributed by atoms with van der Waals surface area (Å²) in [4.78, 5) is 17.5. The standard InChI is InChI=1S/C25H18FN5O3S/c1-33-25-21(8-9-23(30-25)34-18-4-2-17(26)3-5-18)24-20-7-6-19(14-16(20)10-13-28-24)35(32)31-22-11-12-27-15-29-22/h2-15H,1H3,(H,27,29,31). The van der Waals surface area contributed by atoms with Crippen molar-refractivity contribution >= 4 is 27.6 Å². The highest BCUT2D eigenvalue weighted by Gasteiger charge is 2.15. The van der Waals surface area contributed by atoms with Crippen LogP contribution >= 0.6 is 0 Å². The lowest BCUT2D eigenvalue weighted by Gasteiger charge is -2.12. The lowest BCUT2D eigenvalue weighted by atomic mass is 10.1. The molecule has 3 aromatic heterocycles. The van der Waals surface area contributed by atoms with E-state index in [2.05, 4.69) is 24.7 Å². The summed E-state index contributed by atoms with van der Waals surface area (Å²) in [7, 11) is 0.00320. The molecule has 8 nitrogen and oxygen atoms in total. The number of pyridine rings is 2. The van der Waals surface area contributed by atoms with Crippen LogP contribution in [0.3, 0.4) is 0 Å². The predicted molar refractivity (Wildman–Crippen MR) is 130 cm³/mol. The first-order chi connectivity index (χ1) is 17.1. The molecule has 35 heavy (non-hydrogen) atoms. The minimum absolute atomic E-state index is 0.297. The number of fused-ring (bicyclic) bond motifs is 1. The first kappa shape index (κ1) is 22.4. The van der Waals surface area contributed by atoms with Crippen molar-refractivity contribution in [1.29, 1.82) is 0 Å². The summed E-state index contributed by atoms with van der Waals surface area (Å²) >= 11 is 0. The number of hydrogen-bond acceptors (Lipinski definition) is 7.